The van der Waals surface area contributed by atoms with Crippen LogP contribution in [0.25, 0.3) is 0 Å². The maximum atomic E-state index is 14.4. The Morgan fingerprint density at radius 1 is 0.634 bits per heavy atom. The topological polar surface area (TPSA) is 74.8 Å². The fraction of sp³-hybridized carbons (Fsp3) is 0.200. The zero-order valence-electron chi connectivity index (χ0n) is 20.7. The molecule has 2 aliphatic heterocycles. The highest BCUT2D eigenvalue weighted by Crippen LogP contribution is 2.65. The molecule has 11 heteroatoms. The van der Waals surface area contributed by atoms with Crippen molar-refractivity contribution in [1.29, 1.82) is 0 Å². The van der Waals surface area contributed by atoms with E-state index in [1.165, 1.54) is 24.3 Å². The van der Waals surface area contributed by atoms with Gasteiger partial charge in [0.15, 0.2) is 0 Å². The Morgan fingerprint density at radius 3 is 1.54 bits per heavy atom. The highest BCUT2D eigenvalue weighted by molar-refractivity contribution is 9.10. The second-order valence-corrected chi connectivity index (χ2v) is 13.2. The Morgan fingerprint density at radius 2 is 1.10 bits per heavy atom. The molecule has 4 atom stereocenters. The number of carbonyl (C=O) groups excluding carboxylic acids is 4. The molecule has 1 saturated carbocycles. The fourth-order valence-electron chi connectivity index (χ4n) is 7.29. The SMILES string of the molecule is O=C1C2C3C=CC(c4ccc(Br)cc4)(C2C(=O)N1c1ccc(Cl)cc1Cl)C1C(=O)N(c2ccc(Cl)cc2Cl)C(=O)C31. The van der Waals surface area contributed by atoms with Crippen LogP contribution in [0.15, 0.2) is 77.3 Å². The predicted octanol–water partition coefficient (Wildman–Crippen LogP) is 7.11. The molecule has 3 aromatic rings. The average molecular weight is 691 g/mol. The summed E-state index contributed by atoms with van der Waals surface area (Å²) in [7, 11) is 0. The first kappa shape index (κ1) is 27.2. The van der Waals surface area contributed by atoms with Crippen LogP contribution in [-0.2, 0) is 24.6 Å². The van der Waals surface area contributed by atoms with Crippen LogP contribution in [0.3, 0.4) is 0 Å². The lowest BCUT2D eigenvalue weighted by Crippen LogP contribution is -2.60. The van der Waals surface area contributed by atoms with Gasteiger partial charge >= 0.3 is 0 Å². The van der Waals surface area contributed by atoms with Crippen molar-refractivity contribution in [3.05, 3.63) is 103 Å². The number of rotatable bonds is 3. The summed E-state index contributed by atoms with van der Waals surface area (Å²) in [6.07, 6.45) is 3.67. The van der Waals surface area contributed by atoms with Gasteiger partial charge in [0.2, 0.25) is 23.6 Å². The second-order valence-electron chi connectivity index (χ2n) is 10.6. The number of imide groups is 2. The first-order chi connectivity index (χ1) is 19.6. The Bertz CT molecular complexity index is 1650. The molecule has 0 spiro atoms. The zero-order valence-corrected chi connectivity index (χ0v) is 25.3. The van der Waals surface area contributed by atoms with Crippen LogP contribution in [0.4, 0.5) is 11.4 Å². The molecule has 0 aromatic heterocycles. The van der Waals surface area contributed by atoms with Crippen LogP contribution in [0.2, 0.25) is 20.1 Å². The number of hydrogen-bond acceptors (Lipinski definition) is 4. The number of carbonyl (C=O) groups is 4. The van der Waals surface area contributed by atoms with Gasteiger partial charge in [0.25, 0.3) is 0 Å². The van der Waals surface area contributed by atoms with Crippen LogP contribution >= 0.6 is 62.3 Å². The lowest BCUT2D eigenvalue weighted by atomic mass is 9.45. The maximum Gasteiger partial charge on any atom is 0.239 e. The summed E-state index contributed by atoms with van der Waals surface area (Å²) >= 11 is 28.6. The summed E-state index contributed by atoms with van der Waals surface area (Å²) < 4.78 is 0.797. The maximum absolute atomic E-state index is 14.4. The number of amides is 4. The summed E-state index contributed by atoms with van der Waals surface area (Å²) in [5.41, 5.74) is -0.215. The van der Waals surface area contributed by atoms with Gasteiger partial charge < -0.3 is 0 Å². The Labute approximate surface area is 262 Å². The predicted molar refractivity (Wildman–Crippen MR) is 160 cm³/mol. The first-order valence-electron chi connectivity index (χ1n) is 12.7. The largest absolute Gasteiger partial charge is 0.274 e. The van der Waals surface area contributed by atoms with E-state index in [9.17, 15) is 19.2 Å². The van der Waals surface area contributed by atoms with Crippen molar-refractivity contribution >= 4 is 97.3 Å². The zero-order chi connectivity index (χ0) is 29.0. The monoisotopic (exact) mass is 688 g/mol. The van der Waals surface area contributed by atoms with Gasteiger partial charge in [-0.05, 0) is 54.1 Å². The van der Waals surface area contributed by atoms with E-state index in [-0.39, 0.29) is 21.4 Å². The van der Waals surface area contributed by atoms with Gasteiger partial charge in [-0.15, -0.1) is 0 Å². The van der Waals surface area contributed by atoms with Crippen LogP contribution in [-0.4, -0.2) is 23.6 Å². The minimum atomic E-state index is -1.29. The van der Waals surface area contributed by atoms with Gasteiger partial charge in [-0.1, -0.05) is 86.6 Å². The first-order valence-corrected chi connectivity index (χ1v) is 15.0. The van der Waals surface area contributed by atoms with Gasteiger partial charge in [-0.2, -0.15) is 0 Å². The molecule has 2 heterocycles. The summed E-state index contributed by atoms with van der Waals surface area (Å²) in [6.45, 7) is 0. The lowest BCUT2D eigenvalue weighted by Gasteiger charge is -2.53. The number of benzene rings is 3. The summed E-state index contributed by atoms with van der Waals surface area (Å²) in [5, 5.41) is 1.00. The molecule has 3 aliphatic carbocycles. The molecule has 41 heavy (non-hydrogen) atoms. The summed E-state index contributed by atoms with van der Waals surface area (Å²) in [4.78, 5) is 59.2. The molecule has 0 N–H and O–H groups in total. The third kappa shape index (κ3) is 3.63. The highest BCUT2D eigenvalue weighted by Gasteiger charge is 2.75. The van der Waals surface area contributed by atoms with Crippen molar-refractivity contribution < 1.29 is 19.2 Å². The van der Waals surface area contributed by atoms with Gasteiger partial charge in [-0.3, -0.25) is 19.2 Å². The van der Waals surface area contributed by atoms with E-state index < -0.39 is 58.6 Å². The van der Waals surface area contributed by atoms with Crippen LogP contribution in [0, 0.1) is 29.6 Å². The van der Waals surface area contributed by atoms with Crippen molar-refractivity contribution in [2.75, 3.05) is 9.80 Å². The molecular formula is C30H17BrCl4N2O4. The molecule has 2 saturated heterocycles. The molecule has 6 nitrogen and oxygen atoms in total. The molecule has 2 bridgehead atoms. The van der Waals surface area contributed by atoms with Gasteiger partial charge in [0, 0.05) is 25.9 Å². The highest BCUT2D eigenvalue weighted by atomic mass is 79.9. The minimum absolute atomic E-state index is 0.145. The minimum Gasteiger partial charge on any atom is -0.274 e. The van der Waals surface area contributed by atoms with Crippen LogP contribution < -0.4 is 9.80 Å². The fourth-order valence-corrected chi connectivity index (χ4v) is 8.54. The van der Waals surface area contributed by atoms with E-state index in [1.54, 1.807) is 12.1 Å². The molecule has 5 aliphatic rings. The number of hydrogen-bond donors (Lipinski definition) is 0. The Balaban J connectivity index is 1.44. The summed E-state index contributed by atoms with van der Waals surface area (Å²) in [5.74, 6) is -6.27. The molecule has 8 rings (SSSR count). The number of nitrogens with zero attached hydrogens (tertiary/aromatic N) is 2. The van der Waals surface area contributed by atoms with Gasteiger partial charge in [0.05, 0.1) is 45.1 Å². The molecule has 4 amide bonds. The quantitative estimate of drug-likeness (QED) is 0.217. The average Bonchev–Trinajstić information content (AvgIpc) is 3.37. The van der Waals surface area contributed by atoms with E-state index in [0.717, 1.165) is 14.3 Å². The Kier molecular flexibility index (Phi) is 6.24. The Hall–Kier alpha value is -2.68. The van der Waals surface area contributed by atoms with Crippen molar-refractivity contribution in [3.63, 3.8) is 0 Å². The molecule has 3 aromatic carbocycles. The van der Waals surface area contributed by atoms with Gasteiger partial charge in [-0.25, -0.2) is 9.80 Å². The third-order valence-corrected chi connectivity index (χ3v) is 10.4. The lowest BCUT2D eigenvalue weighted by molar-refractivity contribution is -0.140. The van der Waals surface area contributed by atoms with Crippen molar-refractivity contribution in [3.8, 4) is 0 Å². The van der Waals surface area contributed by atoms with E-state index in [4.69, 9.17) is 46.4 Å². The number of allylic oxidation sites excluding steroid dienone is 2. The van der Waals surface area contributed by atoms with Gasteiger partial charge in [0.1, 0.15) is 0 Å². The van der Waals surface area contributed by atoms with Crippen molar-refractivity contribution in [1.82, 2.24) is 0 Å². The van der Waals surface area contributed by atoms with Crippen LogP contribution in [0.1, 0.15) is 5.56 Å². The van der Waals surface area contributed by atoms with E-state index >= 15 is 0 Å². The molecule has 206 valence electrons. The number of anilines is 2. The molecule has 0 radical (unpaired) electrons. The molecular weight excluding hydrogens is 674 g/mol. The van der Waals surface area contributed by atoms with Crippen molar-refractivity contribution in [2.45, 2.75) is 5.41 Å². The standard InChI is InChI=1S/C30H17BrCl4N2O4/c31-14-3-1-13(2-4-14)30-10-9-17(22-24(30)28(40)36(26(22)38)20-7-5-15(32)11-18(20)34)23-25(30)29(41)37(27(23)39)21-8-6-16(33)12-19(21)35/h1-12,17,22-25H. The smallest absolute Gasteiger partial charge is 0.239 e. The second kappa shape index (κ2) is 9.41. The molecule has 3 fully saturated rings. The third-order valence-electron chi connectivity index (χ3n) is 8.80. The van der Waals surface area contributed by atoms with E-state index in [2.05, 4.69) is 15.9 Å². The van der Waals surface area contributed by atoms with E-state index in [1.807, 2.05) is 36.4 Å². The van der Waals surface area contributed by atoms with E-state index in [0.29, 0.717) is 15.6 Å². The normalized spacial score (nSPS) is 29.9. The van der Waals surface area contributed by atoms with Crippen LogP contribution in [0.5, 0.6) is 0 Å². The summed E-state index contributed by atoms with van der Waals surface area (Å²) in [6, 6.07) is 16.4. The van der Waals surface area contributed by atoms with Crippen molar-refractivity contribution in [2.24, 2.45) is 29.6 Å². The number of halogens is 5. The molecule has 4 unspecified atom stereocenters.